The molecule has 0 bridgehead atoms. The average molecular weight is 191 g/mol. The Morgan fingerprint density at radius 3 is 2.64 bits per heavy atom. The number of fused-ring (bicyclic) bond motifs is 1. The quantitative estimate of drug-likeness (QED) is 0.498. The Labute approximate surface area is 78.8 Å². The van der Waals surface area contributed by atoms with Crippen LogP contribution in [0.5, 0.6) is 0 Å². The van der Waals surface area contributed by atoms with Crippen LogP contribution in [-0.2, 0) is 14.4 Å². The van der Waals surface area contributed by atoms with Gasteiger partial charge < -0.3 is 4.84 Å². The van der Waals surface area contributed by atoms with Crippen LogP contribution < -0.4 is 5.06 Å². The number of Topliss-reactive ketones (excluding diaryl/α,β-unsaturated/α-hetero) is 1. The molecule has 5 heteroatoms. The van der Waals surface area contributed by atoms with E-state index in [1.807, 2.05) is 0 Å². The molecule has 1 aliphatic heterocycles. The number of hydrogen-bond donors (Lipinski definition) is 0. The summed E-state index contributed by atoms with van der Waals surface area (Å²) < 4.78 is 0. The van der Waals surface area contributed by atoms with Crippen molar-refractivity contribution in [1.82, 2.24) is 0 Å². The summed E-state index contributed by atoms with van der Waals surface area (Å²) in [4.78, 5) is 37.0. The number of benzene rings is 1. The van der Waals surface area contributed by atoms with Gasteiger partial charge in [-0.25, -0.2) is 0 Å². The summed E-state index contributed by atoms with van der Waals surface area (Å²) in [6.07, 6.45) is 0. The zero-order valence-corrected chi connectivity index (χ0v) is 6.97. The Bertz CT molecular complexity index is 427. The molecule has 0 aliphatic carbocycles. The molecule has 1 amide bonds. The molecular weight excluding hydrogens is 186 g/mol. The van der Waals surface area contributed by atoms with Crippen LogP contribution in [0.15, 0.2) is 24.3 Å². The topological polar surface area (TPSA) is 63.7 Å². The molecule has 70 valence electrons. The first-order valence-electron chi connectivity index (χ1n) is 3.84. The Balaban J connectivity index is 2.52. The van der Waals surface area contributed by atoms with E-state index in [1.165, 1.54) is 12.1 Å². The fraction of sp³-hybridized carbons (Fsp3) is 0. The highest BCUT2D eigenvalue weighted by atomic mass is 16.7. The van der Waals surface area contributed by atoms with Crippen molar-refractivity contribution < 1.29 is 19.2 Å². The summed E-state index contributed by atoms with van der Waals surface area (Å²) in [6, 6.07) is 6.31. The van der Waals surface area contributed by atoms with Crippen LogP contribution >= 0.6 is 0 Å². The lowest BCUT2D eigenvalue weighted by molar-refractivity contribution is -0.136. The van der Waals surface area contributed by atoms with Gasteiger partial charge in [0.25, 0.3) is 5.78 Å². The summed E-state index contributed by atoms with van der Waals surface area (Å²) in [7, 11) is 0. The molecule has 0 aromatic heterocycles. The zero-order chi connectivity index (χ0) is 10.1. The molecule has 14 heavy (non-hydrogen) atoms. The van der Waals surface area contributed by atoms with Crippen LogP contribution in [0.25, 0.3) is 0 Å². The molecular formula is C9H5NO4. The number of rotatable bonds is 2. The normalized spacial score (nSPS) is 14.1. The van der Waals surface area contributed by atoms with Crippen molar-refractivity contribution in [1.29, 1.82) is 0 Å². The third-order valence-electron chi connectivity index (χ3n) is 1.89. The van der Waals surface area contributed by atoms with Crippen molar-refractivity contribution in [2.75, 3.05) is 5.06 Å². The lowest BCUT2D eigenvalue weighted by Crippen LogP contribution is -2.29. The van der Waals surface area contributed by atoms with Crippen LogP contribution in [0.2, 0.25) is 0 Å². The number of carbonyl (C=O) groups is 3. The second-order valence-electron chi connectivity index (χ2n) is 2.65. The molecule has 0 fully saturated rings. The summed E-state index contributed by atoms with van der Waals surface area (Å²) in [5.74, 6) is -1.51. The van der Waals surface area contributed by atoms with Gasteiger partial charge in [-0.3, -0.25) is 14.4 Å². The Morgan fingerprint density at radius 1 is 1.21 bits per heavy atom. The van der Waals surface area contributed by atoms with Gasteiger partial charge in [-0.05, 0) is 12.1 Å². The number of hydroxylamine groups is 1. The SMILES string of the molecule is O=CON1C(=O)C(=O)c2ccccc21. The molecule has 0 saturated heterocycles. The molecule has 1 heterocycles. The third kappa shape index (κ3) is 0.990. The number of ketones is 1. The number of carbonyl (C=O) groups excluding carboxylic acids is 3. The van der Waals surface area contributed by atoms with Crippen LogP contribution in [0.1, 0.15) is 10.4 Å². The van der Waals surface area contributed by atoms with Crippen LogP contribution in [0.4, 0.5) is 5.69 Å². The minimum atomic E-state index is -0.849. The average Bonchev–Trinajstić information content (AvgIpc) is 2.45. The van der Waals surface area contributed by atoms with Gasteiger partial charge in [0, 0.05) is 0 Å². The molecule has 2 rings (SSSR count). The maximum Gasteiger partial charge on any atom is 0.332 e. The summed E-state index contributed by atoms with van der Waals surface area (Å²) >= 11 is 0. The van der Waals surface area contributed by atoms with Crippen LogP contribution in [0.3, 0.4) is 0 Å². The minimum Gasteiger partial charge on any atom is -0.336 e. The maximum absolute atomic E-state index is 11.3. The number of hydrogen-bond acceptors (Lipinski definition) is 4. The lowest BCUT2D eigenvalue weighted by atomic mass is 10.1. The minimum absolute atomic E-state index is 0.104. The molecule has 0 spiro atoms. The van der Waals surface area contributed by atoms with Gasteiger partial charge in [-0.1, -0.05) is 12.1 Å². The molecule has 0 radical (unpaired) electrons. The van der Waals surface area contributed by atoms with Crippen molar-refractivity contribution in [2.45, 2.75) is 0 Å². The maximum atomic E-state index is 11.3. The van der Waals surface area contributed by atoms with E-state index in [-0.39, 0.29) is 12.0 Å². The Morgan fingerprint density at radius 2 is 1.93 bits per heavy atom. The van der Waals surface area contributed by atoms with Crippen molar-refractivity contribution in [3.8, 4) is 0 Å². The Kier molecular flexibility index (Phi) is 1.78. The van der Waals surface area contributed by atoms with E-state index in [4.69, 9.17) is 0 Å². The van der Waals surface area contributed by atoms with E-state index in [0.717, 1.165) is 0 Å². The van der Waals surface area contributed by atoms with E-state index in [2.05, 4.69) is 4.84 Å². The van der Waals surface area contributed by atoms with Gasteiger partial charge in [0.15, 0.2) is 0 Å². The van der Waals surface area contributed by atoms with Gasteiger partial charge in [0.05, 0.1) is 11.3 Å². The number of nitrogens with zero attached hydrogens (tertiary/aromatic N) is 1. The van der Waals surface area contributed by atoms with Crippen molar-refractivity contribution >= 4 is 23.9 Å². The van der Waals surface area contributed by atoms with Crippen molar-refractivity contribution in [3.05, 3.63) is 29.8 Å². The molecule has 5 nitrogen and oxygen atoms in total. The predicted molar refractivity (Wildman–Crippen MR) is 45.4 cm³/mol. The van der Waals surface area contributed by atoms with E-state index in [0.29, 0.717) is 10.8 Å². The van der Waals surface area contributed by atoms with Crippen molar-refractivity contribution in [2.24, 2.45) is 0 Å². The highest BCUT2D eigenvalue weighted by molar-refractivity contribution is 6.51. The predicted octanol–water partition coefficient (Wildman–Crippen LogP) is 0.304. The summed E-state index contributed by atoms with van der Waals surface area (Å²) in [6.45, 7) is 0.104. The standard InChI is InChI=1S/C9H5NO4/c11-5-14-10-7-4-2-1-3-6(7)8(12)9(10)13/h1-5H. The first-order valence-corrected chi connectivity index (χ1v) is 3.84. The molecule has 0 N–H and O–H groups in total. The van der Waals surface area contributed by atoms with Gasteiger partial charge >= 0.3 is 12.4 Å². The molecule has 0 saturated carbocycles. The van der Waals surface area contributed by atoms with E-state index >= 15 is 0 Å². The van der Waals surface area contributed by atoms with Gasteiger partial charge in [-0.2, -0.15) is 0 Å². The second-order valence-corrected chi connectivity index (χ2v) is 2.65. The highest BCUT2D eigenvalue weighted by Crippen LogP contribution is 2.27. The van der Waals surface area contributed by atoms with Gasteiger partial charge in [0.1, 0.15) is 0 Å². The molecule has 0 unspecified atom stereocenters. The highest BCUT2D eigenvalue weighted by Gasteiger charge is 2.37. The zero-order valence-electron chi connectivity index (χ0n) is 6.97. The first kappa shape index (κ1) is 8.43. The van der Waals surface area contributed by atoms with Crippen molar-refractivity contribution in [3.63, 3.8) is 0 Å². The monoisotopic (exact) mass is 191 g/mol. The van der Waals surface area contributed by atoms with Gasteiger partial charge in [0.2, 0.25) is 0 Å². The van der Waals surface area contributed by atoms with E-state index in [9.17, 15) is 14.4 Å². The molecule has 0 atom stereocenters. The van der Waals surface area contributed by atoms with Crippen LogP contribution in [0, 0.1) is 0 Å². The first-order chi connectivity index (χ1) is 6.75. The summed E-state index contributed by atoms with van der Waals surface area (Å²) in [5, 5.41) is 0.685. The van der Waals surface area contributed by atoms with Gasteiger partial charge in [-0.15, -0.1) is 5.06 Å². The summed E-state index contributed by atoms with van der Waals surface area (Å²) in [5.41, 5.74) is 0.550. The Hall–Kier alpha value is -2.17. The lowest BCUT2D eigenvalue weighted by Gasteiger charge is -2.10. The third-order valence-corrected chi connectivity index (χ3v) is 1.89. The smallest absolute Gasteiger partial charge is 0.332 e. The van der Waals surface area contributed by atoms with E-state index < -0.39 is 11.7 Å². The largest absolute Gasteiger partial charge is 0.336 e. The fourth-order valence-corrected chi connectivity index (χ4v) is 1.31. The van der Waals surface area contributed by atoms with Crippen LogP contribution in [-0.4, -0.2) is 18.2 Å². The fourth-order valence-electron chi connectivity index (χ4n) is 1.31. The van der Waals surface area contributed by atoms with E-state index in [1.54, 1.807) is 12.1 Å². The molecule has 1 aliphatic rings. The second kappa shape index (κ2) is 2.95. The number of anilines is 1. The number of para-hydroxylation sites is 1. The molecule has 1 aromatic carbocycles. The molecule has 1 aromatic rings. The number of amides is 1.